The molecule has 1 aliphatic carbocycles. The van der Waals surface area contributed by atoms with Crippen LogP contribution in [-0.2, 0) is 22.4 Å². The van der Waals surface area contributed by atoms with Crippen LogP contribution >= 0.6 is 23.1 Å². The molecule has 4 rings (SSSR count). The Hall–Kier alpha value is -2.16. The highest BCUT2D eigenvalue weighted by molar-refractivity contribution is 7.99. The maximum absolute atomic E-state index is 13.8. The molecule has 0 spiro atoms. The van der Waals surface area contributed by atoms with Crippen LogP contribution in [0.2, 0.25) is 0 Å². The molecular weight excluding hydrogens is 454 g/mol. The van der Waals surface area contributed by atoms with E-state index in [0.717, 1.165) is 52.7 Å². The first-order valence-corrected chi connectivity index (χ1v) is 13.3. The number of fused-ring (bicyclic) bond motifs is 3. The molecule has 3 aromatic rings. The Kier molecular flexibility index (Phi) is 7.56. The first-order valence-electron chi connectivity index (χ1n) is 11.5. The number of thiophene rings is 1. The van der Waals surface area contributed by atoms with Crippen LogP contribution in [0.5, 0.6) is 0 Å². The molecule has 0 bridgehead atoms. The van der Waals surface area contributed by atoms with Gasteiger partial charge in [-0.3, -0.25) is 14.2 Å². The zero-order valence-electron chi connectivity index (χ0n) is 19.7. The van der Waals surface area contributed by atoms with E-state index in [2.05, 4.69) is 11.4 Å². The van der Waals surface area contributed by atoms with Crippen LogP contribution in [0.3, 0.4) is 0 Å². The van der Waals surface area contributed by atoms with Gasteiger partial charge in [0.15, 0.2) is 5.16 Å². The number of carbonyl (C=O) groups excluding carboxylic acids is 1. The van der Waals surface area contributed by atoms with Crippen LogP contribution < -0.4 is 10.9 Å². The number of hydrogen-bond donors (Lipinski definition) is 1. The molecule has 176 valence electrons. The van der Waals surface area contributed by atoms with Crippen LogP contribution in [0, 0.1) is 13.8 Å². The van der Waals surface area contributed by atoms with Gasteiger partial charge >= 0.3 is 0 Å². The summed E-state index contributed by atoms with van der Waals surface area (Å²) < 4.78 is 7.22. The zero-order chi connectivity index (χ0) is 23.5. The maximum Gasteiger partial charge on any atom is 0.267 e. The van der Waals surface area contributed by atoms with E-state index in [9.17, 15) is 9.59 Å². The Balaban J connectivity index is 1.60. The van der Waals surface area contributed by atoms with Crippen molar-refractivity contribution in [3.8, 4) is 5.69 Å². The van der Waals surface area contributed by atoms with Crippen molar-refractivity contribution >= 4 is 39.2 Å². The quantitative estimate of drug-likeness (QED) is 0.273. The molecule has 1 amide bonds. The normalized spacial score (nSPS) is 13.1. The van der Waals surface area contributed by atoms with E-state index in [4.69, 9.17) is 9.72 Å². The molecule has 0 radical (unpaired) electrons. The fraction of sp³-hybridized carbons (Fsp3) is 0.480. The summed E-state index contributed by atoms with van der Waals surface area (Å²) >= 11 is 2.95. The predicted octanol–water partition coefficient (Wildman–Crippen LogP) is 4.58. The number of carbonyl (C=O) groups is 1. The molecule has 0 saturated heterocycles. The highest BCUT2D eigenvalue weighted by Crippen LogP contribution is 2.36. The van der Waals surface area contributed by atoms with Crippen molar-refractivity contribution in [1.82, 2.24) is 14.9 Å². The lowest BCUT2D eigenvalue weighted by molar-refractivity contribution is -0.118. The lowest BCUT2D eigenvalue weighted by atomic mass is 10.1. The Morgan fingerprint density at radius 1 is 1.30 bits per heavy atom. The summed E-state index contributed by atoms with van der Waals surface area (Å²) in [6.45, 7) is 9.24. The Morgan fingerprint density at radius 3 is 2.88 bits per heavy atom. The van der Waals surface area contributed by atoms with E-state index >= 15 is 0 Å². The van der Waals surface area contributed by atoms with E-state index in [1.54, 1.807) is 15.9 Å². The number of aromatic nitrogens is 2. The van der Waals surface area contributed by atoms with Gasteiger partial charge in [-0.1, -0.05) is 29.5 Å². The van der Waals surface area contributed by atoms with Crippen LogP contribution in [0.1, 0.15) is 48.3 Å². The predicted molar refractivity (Wildman–Crippen MR) is 136 cm³/mol. The van der Waals surface area contributed by atoms with Crippen molar-refractivity contribution in [2.75, 3.05) is 18.9 Å². The van der Waals surface area contributed by atoms with Gasteiger partial charge in [0.05, 0.1) is 22.9 Å². The number of thioether (sulfide) groups is 1. The van der Waals surface area contributed by atoms with Gasteiger partial charge in [0, 0.05) is 18.0 Å². The van der Waals surface area contributed by atoms with E-state index in [0.29, 0.717) is 18.3 Å². The van der Waals surface area contributed by atoms with Gasteiger partial charge < -0.3 is 10.1 Å². The molecule has 8 heteroatoms. The van der Waals surface area contributed by atoms with Gasteiger partial charge in [0.2, 0.25) is 5.91 Å². The van der Waals surface area contributed by atoms with E-state index in [1.165, 1.54) is 22.2 Å². The van der Waals surface area contributed by atoms with E-state index in [1.807, 2.05) is 39.8 Å². The van der Waals surface area contributed by atoms with Crippen LogP contribution in [0.25, 0.3) is 15.9 Å². The molecule has 0 atom stereocenters. The van der Waals surface area contributed by atoms with Crippen molar-refractivity contribution in [1.29, 1.82) is 0 Å². The van der Waals surface area contributed by atoms with E-state index in [-0.39, 0.29) is 23.3 Å². The fourth-order valence-corrected chi connectivity index (χ4v) is 6.33. The van der Waals surface area contributed by atoms with E-state index < -0.39 is 0 Å². The third-order valence-corrected chi connectivity index (χ3v) is 7.85. The smallest absolute Gasteiger partial charge is 0.267 e. The number of ether oxygens (including phenoxy) is 1. The van der Waals surface area contributed by atoms with Crippen LogP contribution in [0.4, 0.5) is 0 Å². The van der Waals surface area contributed by atoms with Gasteiger partial charge in [-0.05, 0) is 70.6 Å². The average molecular weight is 486 g/mol. The molecule has 0 fully saturated rings. The molecule has 0 unspecified atom stereocenters. The first-order chi connectivity index (χ1) is 15.8. The van der Waals surface area contributed by atoms with Gasteiger partial charge in [-0.15, -0.1) is 11.3 Å². The lowest BCUT2D eigenvalue weighted by Crippen LogP contribution is -2.28. The number of nitrogens with zero attached hydrogens (tertiary/aromatic N) is 2. The fourth-order valence-electron chi connectivity index (χ4n) is 4.19. The molecule has 1 N–H and O–H groups in total. The van der Waals surface area contributed by atoms with Crippen molar-refractivity contribution in [2.45, 2.75) is 64.6 Å². The minimum atomic E-state index is -0.0697. The monoisotopic (exact) mass is 485 g/mol. The number of rotatable bonds is 9. The second-order valence-corrected chi connectivity index (χ2v) is 10.8. The highest BCUT2D eigenvalue weighted by Gasteiger charge is 2.24. The maximum atomic E-state index is 13.8. The zero-order valence-corrected chi connectivity index (χ0v) is 21.3. The highest BCUT2D eigenvalue weighted by atomic mass is 32.2. The molecule has 0 saturated carbocycles. The summed E-state index contributed by atoms with van der Waals surface area (Å²) in [6, 6.07) is 6.06. The lowest BCUT2D eigenvalue weighted by Gasteiger charge is -2.15. The van der Waals surface area contributed by atoms with Crippen LogP contribution in [-0.4, -0.2) is 40.5 Å². The average Bonchev–Trinajstić information content (AvgIpc) is 3.33. The summed E-state index contributed by atoms with van der Waals surface area (Å²) in [7, 11) is 0. The van der Waals surface area contributed by atoms with Crippen molar-refractivity contribution in [3.63, 3.8) is 0 Å². The molecule has 1 aliphatic rings. The van der Waals surface area contributed by atoms with Gasteiger partial charge in [0.1, 0.15) is 4.83 Å². The molecular formula is C25H31N3O3S2. The standard InChI is InChI=1S/C25H31N3O3S2/c1-15(2)31-12-6-11-26-21(29)14-32-25-27-23-22(18-7-5-8-20(18)33-23)24(30)28(25)19-10-9-16(3)13-17(19)4/h9-10,13,15H,5-8,11-12,14H2,1-4H3,(H,26,29). The largest absolute Gasteiger partial charge is 0.379 e. The molecule has 33 heavy (non-hydrogen) atoms. The molecule has 2 heterocycles. The number of aryl methyl sites for hydroxylation is 4. The van der Waals surface area contributed by atoms with Crippen molar-refractivity contribution in [3.05, 3.63) is 50.1 Å². The van der Waals surface area contributed by atoms with Crippen molar-refractivity contribution < 1.29 is 9.53 Å². The third kappa shape index (κ3) is 5.34. The number of hydrogen-bond acceptors (Lipinski definition) is 6. The minimum absolute atomic E-state index is 0.0277. The topological polar surface area (TPSA) is 73.2 Å². The molecule has 1 aromatic carbocycles. The molecule has 0 aliphatic heterocycles. The summed E-state index contributed by atoms with van der Waals surface area (Å²) in [5, 5.41) is 4.26. The van der Waals surface area contributed by atoms with Gasteiger partial charge in [-0.25, -0.2) is 4.98 Å². The Labute approximate surface area is 202 Å². The summed E-state index contributed by atoms with van der Waals surface area (Å²) in [4.78, 5) is 33.2. The van der Waals surface area contributed by atoms with Gasteiger partial charge in [0.25, 0.3) is 5.56 Å². The van der Waals surface area contributed by atoms with Crippen LogP contribution in [0.15, 0.2) is 28.2 Å². The SMILES string of the molecule is Cc1ccc(-n2c(SCC(=O)NCCCOC(C)C)nc3sc4c(c3c2=O)CCC4)c(C)c1. The Bertz CT molecular complexity index is 1230. The summed E-state index contributed by atoms with van der Waals surface area (Å²) in [5.41, 5.74) is 4.13. The minimum Gasteiger partial charge on any atom is -0.379 e. The Morgan fingerprint density at radius 2 is 2.12 bits per heavy atom. The second kappa shape index (κ2) is 10.4. The first kappa shape index (κ1) is 24.0. The number of amides is 1. The second-order valence-electron chi connectivity index (χ2n) is 8.77. The third-order valence-electron chi connectivity index (χ3n) is 5.73. The summed E-state index contributed by atoms with van der Waals surface area (Å²) in [6.07, 6.45) is 4.02. The van der Waals surface area contributed by atoms with Gasteiger partial charge in [-0.2, -0.15) is 0 Å². The number of nitrogens with one attached hydrogen (secondary N) is 1. The molecule has 6 nitrogen and oxygen atoms in total. The summed E-state index contributed by atoms with van der Waals surface area (Å²) in [5.74, 6) is 0.138. The number of benzene rings is 1. The molecule has 2 aromatic heterocycles. The van der Waals surface area contributed by atoms with Crippen molar-refractivity contribution in [2.24, 2.45) is 0 Å².